The molecular formula is C15H8F3NO4S. The van der Waals surface area contributed by atoms with E-state index in [1.807, 2.05) is 0 Å². The number of carboxylic acid groups (broad SMARTS) is 1. The van der Waals surface area contributed by atoms with Gasteiger partial charge in [0, 0.05) is 6.07 Å². The number of carbonyl (C=O) groups is 1. The Hall–Kier alpha value is -2.81. The summed E-state index contributed by atoms with van der Waals surface area (Å²) in [7, 11) is 0. The molecule has 0 aliphatic heterocycles. The minimum Gasteiger partial charge on any atom is -0.508 e. The highest BCUT2D eigenvalue weighted by Crippen LogP contribution is 2.36. The first kappa shape index (κ1) is 16.1. The van der Waals surface area contributed by atoms with Crippen LogP contribution in [-0.2, 0) is 6.18 Å². The average molecular weight is 355 g/mol. The number of phenolic OH excluding ortho intramolecular Hbond substituents is 1. The van der Waals surface area contributed by atoms with Crippen LogP contribution >= 0.6 is 11.3 Å². The van der Waals surface area contributed by atoms with Gasteiger partial charge in [-0.25, -0.2) is 9.78 Å². The van der Waals surface area contributed by atoms with Crippen LogP contribution in [0.2, 0.25) is 0 Å². The lowest BCUT2D eigenvalue weighted by molar-refractivity contribution is -0.137. The fourth-order valence-corrected chi connectivity index (χ4v) is 2.81. The summed E-state index contributed by atoms with van der Waals surface area (Å²) in [4.78, 5) is 14.9. The number of alkyl halides is 3. The van der Waals surface area contributed by atoms with Crippen LogP contribution in [0.3, 0.4) is 0 Å². The number of aromatic nitrogens is 1. The van der Waals surface area contributed by atoms with Gasteiger partial charge in [0.1, 0.15) is 11.5 Å². The normalized spacial score (nSPS) is 11.6. The van der Waals surface area contributed by atoms with E-state index in [4.69, 9.17) is 9.84 Å². The second-order valence-corrected chi connectivity index (χ2v) is 5.78. The standard InChI is InChI=1S/C15H8F3NO4S/c16-15(17,18)8-1-2-12-11(5-8)19-14(24-12)23-10-4-7(13(21)22)3-9(20)6-10/h1-6,20H,(H,21,22). The lowest BCUT2D eigenvalue weighted by Gasteiger charge is -2.04. The van der Waals surface area contributed by atoms with Crippen molar-refractivity contribution in [3.05, 3.63) is 47.5 Å². The second kappa shape index (κ2) is 5.68. The van der Waals surface area contributed by atoms with E-state index in [-0.39, 0.29) is 27.8 Å². The van der Waals surface area contributed by atoms with E-state index in [9.17, 15) is 23.1 Å². The van der Waals surface area contributed by atoms with Gasteiger partial charge in [0.15, 0.2) is 0 Å². The van der Waals surface area contributed by atoms with Crippen molar-refractivity contribution in [1.82, 2.24) is 4.98 Å². The summed E-state index contributed by atoms with van der Waals surface area (Å²) in [5.74, 6) is -1.55. The zero-order chi connectivity index (χ0) is 17.5. The monoisotopic (exact) mass is 355 g/mol. The topological polar surface area (TPSA) is 79.7 Å². The van der Waals surface area contributed by atoms with Crippen LogP contribution in [0.25, 0.3) is 10.2 Å². The predicted molar refractivity (Wildman–Crippen MR) is 79.8 cm³/mol. The highest BCUT2D eigenvalue weighted by Gasteiger charge is 2.30. The first-order chi connectivity index (χ1) is 11.2. The minimum atomic E-state index is -4.47. The maximum atomic E-state index is 12.7. The van der Waals surface area contributed by atoms with Crippen molar-refractivity contribution in [3.63, 3.8) is 0 Å². The molecule has 0 aliphatic rings. The summed E-state index contributed by atoms with van der Waals surface area (Å²) in [5, 5.41) is 18.5. The number of aromatic hydroxyl groups is 1. The maximum Gasteiger partial charge on any atom is 0.416 e. The molecule has 1 heterocycles. The number of nitrogens with zero attached hydrogens (tertiary/aromatic N) is 1. The van der Waals surface area contributed by atoms with E-state index in [1.54, 1.807) is 0 Å². The Bertz CT molecular complexity index is 936. The van der Waals surface area contributed by atoms with E-state index in [1.165, 1.54) is 18.2 Å². The van der Waals surface area contributed by atoms with Crippen molar-refractivity contribution >= 4 is 27.5 Å². The highest BCUT2D eigenvalue weighted by molar-refractivity contribution is 7.20. The predicted octanol–water partition coefficient (Wildman–Crippen LogP) is 4.51. The first-order valence-corrected chi connectivity index (χ1v) is 7.27. The number of fused-ring (bicyclic) bond motifs is 1. The summed E-state index contributed by atoms with van der Waals surface area (Å²) in [6.07, 6.45) is -4.47. The molecule has 0 spiro atoms. The van der Waals surface area contributed by atoms with E-state index >= 15 is 0 Å². The highest BCUT2D eigenvalue weighted by atomic mass is 32.1. The fourth-order valence-electron chi connectivity index (χ4n) is 1.99. The molecule has 0 saturated carbocycles. The lowest BCUT2D eigenvalue weighted by Crippen LogP contribution is -2.03. The maximum absolute atomic E-state index is 12.7. The molecule has 24 heavy (non-hydrogen) atoms. The Morgan fingerprint density at radius 3 is 2.58 bits per heavy atom. The number of rotatable bonds is 3. The molecule has 0 radical (unpaired) electrons. The van der Waals surface area contributed by atoms with E-state index < -0.39 is 17.7 Å². The molecule has 2 N–H and O–H groups in total. The molecule has 0 saturated heterocycles. The molecule has 0 bridgehead atoms. The molecule has 9 heteroatoms. The molecule has 0 fully saturated rings. The number of hydrogen-bond acceptors (Lipinski definition) is 5. The van der Waals surface area contributed by atoms with Gasteiger partial charge in [0.2, 0.25) is 0 Å². The Labute approximate surface area is 136 Å². The Morgan fingerprint density at radius 2 is 1.92 bits per heavy atom. The van der Waals surface area contributed by atoms with Crippen LogP contribution in [0.1, 0.15) is 15.9 Å². The zero-order valence-corrected chi connectivity index (χ0v) is 12.5. The molecule has 2 aromatic carbocycles. The van der Waals surface area contributed by atoms with Gasteiger partial charge in [-0.15, -0.1) is 0 Å². The van der Waals surface area contributed by atoms with Crippen LogP contribution < -0.4 is 4.74 Å². The van der Waals surface area contributed by atoms with Crippen molar-refractivity contribution in [2.24, 2.45) is 0 Å². The second-order valence-electron chi connectivity index (χ2n) is 4.78. The van der Waals surface area contributed by atoms with Gasteiger partial charge in [-0.2, -0.15) is 13.2 Å². The summed E-state index contributed by atoms with van der Waals surface area (Å²) in [5.41, 5.74) is -0.897. The van der Waals surface area contributed by atoms with E-state index in [0.717, 1.165) is 29.5 Å². The van der Waals surface area contributed by atoms with Crippen LogP contribution in [0.4, 0.5) is 13.2 Å². The Balaban J connectivity index is 1.95. The molecule has 0 unspecified atom stereocenters. The summed E-state index contributed by atoms with van der Waals surface area (Å²) >= 11 is 1.00. The molecular weight excluding hydrogens is 347 g/mol. The number of aromatic carboxylic acids is 1. The van der Waals surface area contributed by atoms with Crippen LogP contribution in [0, 0.1) is 0 Å². The molecule has 1 aromatic heterocycles. The summed E-state index contributed by atoms with van der Waals surface area (Å²) in [6.45, 7) is 0. The van der Waals surface area contributed by atoms with Gasteiger partial charge in [-0.3, -0.25) is 0 Å². The number of benzene rings is 2. The van der Waals surface area contributed by atoms with Gasteiger partial charge in [0.25, 0.3) is 5.19 Å². The molecule has 0 aliphatic carbocycles. The summed E-state index contributed by atoms with van der Waals surface area (Å²) < 4.78 is 43.9. The number of phenols is 1. The van der Waals surface area contributed by atoms with Crippen molar-refractivity contribution < 1.29 is 32.9 Å². The smallest absolute Gasteiger partial charge is 0.416 e. The van der Waals surface area contributed by atoms with Crippen LogP contribution in [-0.4, -0.2) is 21.2 Å². The molecule has 0 amide bonds. The van der Waals surface area contributed by atoms with Gasteiger partial charge in [-0.05, 0) is 30.3 Å². The quantitative estimate of drug-likeness (QED) is 0.722. The molecule has 3 aromatic rings. The zero-order valence-electron chi connectivity index (χ0n) is 11.7. The third kappa shape index (κ3) is 3.25. The SMILES string of the molecule is O=C(O)c1cc(O)cc(Oc2nc3cc(C(F)(F)F)ccc3s2)c1. The Kier molecular flexibility index (Phi) is 3.80. The van der Waals surface area contributed by atoms with Crippen molar-refractivity contribution in [2.45, 2.75) is 6.18 Å². The average Bonchev–Trinajstić information content (AvgIpc) is 2.86. The largest absolute Gasteiger partial charge is 0.508 e. The summed E-state index contributed by atoms with van der Waals surface area (Å²) in [6, 6.07) is 6.54. The number of hydrogen-bond donors (Lipinski definition) is 2. The minimum absolute atomic E-state index is 0.0162. The third-order valence-corrected chi connectivity index (χ3v) is 3.95. The first-order valence-electron chi connectivity index (χ1n) is 6.45. The lowest BCUT2D eigenvalue weighted by atomic mass is 10.2. The van der Waals surface area contributed by atoms with Gasteiger partial charge in [0.05, 0.1) is 21.3 Å². The van der Waals surface area contributed by atoms with E-state index in [0.29, 0.717) is 4.70 Å². The van der Waals surface area contributed by atoms with Crippen molar-refractivity contribution in [3.8, 4) is 16.7 Å². The molecule has 124 valence electrons. The van der Waals surface area contributed by atoms with Gasteiger partial charge < -0.3 is 14.9 Å². The third-order valence-electron chi connectivity index (χ3n) is 3.04. The molecule has 3 rings (SSSR count). The molecule has 5 nitrogen and oxygen atoms in total. The molecule has 0 atom stereocenters. The van der Waals surface area contributed by atoms with Gasteiger partial charge in [-0.1, -0.05) is 11.3 Å². The van der Waals surface area contributed by atoms with E-state index in [2.05, 4.69) is 4.98 Å². The van der Waals surface area contributed by atoms with Gasteiger partial charge >= 0.3 is 12.1 Å². The van der Waals surface area contributed by atoms with Crippen molar-refractivity contribution in [1.29, 1.82) is 0 Å². The number of carboxylic acids is 1. The Morgan fingerprint density at radius 1 is 1.17 bits per heavy atom. The van der Waals surface area contributed by atoms with Crippen LogP contribution in [0.15, 0.2) is 36.4 Å². The van der Waals surface area contributed by atoms with Crippen molar-refractivity contribution in [2.75, 3.05) is 0 Å². The van der Waals surface area contributed by atoms with Crippen LogP contribution in [0.5, 0.6) is 16.7 Å². The number of ether oxygens (including phenoxy) is 1. The number of halogens is 3. The fraction of sp³-hybridized carbons (Fsp3) is 0.0667. The number of thiazole rings is 1.